The van der Waals surface area contributed by atoms with Crippen molar-refractivity contribution in [2.75, 3.05) is 24.3 Å². The fourth-order valence-electron chi connectivity index (χ4n) is 2.64. The minimum Gasteiger partial charge on any atom is -0.497 e. The number of carbonyl (C=O) groups is 1. The number of hydrogen-bond acceptors (Lipinski definition) is 6. The third-order valence-corrected chi connectivity index (χ3v) is 4.24. The zero-order valence-electron chi connectivity index (χ0n) is 15.8. The Bertz CT molecular complexity index is 971. The van der Waals surface area contributed by atoms with Crippen LogP contribution in [0.5, 0.6) is 5.75 Å². The first-order valence-electron chi connectivity index (χ1n) is 8.94. The highest BCUT2D eigenvalue weighted by Crippen LogP contribution is 2.15. The molecule has 0 atom stereocenters. The Morgan fingerprint density at radius 1 is 1.07 bits per heavy atom. The molecule has 0 aliphatic heterocycles. The predicted octanol–water partition coefficient (Wildman–Crippen LogP) is 3.91. The summed E-state index contributed by atoms with van der Waals surface area (Å²) >= 11 is 0. The number of nitro benzene ring substituents is 1. The van der Waals surface area contributed by atoms with Gasteiger partial charge in [-0.2, -0.15) is 0 Å². The van der Waals surface area contributed by atoms with Crippen molar-refractivity contribution in [3.63, 3.8) is 0 Å². The lowest BCUT2D eigenvalue weighted by Gasteiger charge is -2.08. The molecule has 0 radical (unpaired) electrons. The molecule has 2 aromatic carbocycles. The van der Waals surface area contributed by atoms with Crippen LogP contribution in [0.2, 0.25) is 0 Å². The molecule has 0 aliphatic rings. The van der Waals surface area contributed by atoms with E-state index in [9.17, 15) is 14.9 Å². The standard InChI is InChI=1S/C21H20N4O4/c1-29-19-9-2-15(3-10-19)12-13-22-20-11-6-17(14-23-20)24-21(26)16-4-7-18(8-5-16)25(27)28/h2-11,14H,12-13H2,1H3,(H,22,23)(H,24,26). The summed E-state index contributed by atoms with van der Waals surface area (Å²) in [7, 11) is 1.64. The molecule has 0 aliphatic carbocycles. The number of carbonyl (C=O) groups excluding carboxylic acids is 1. The summed E-state index contributed by atoms with van der Waals surface area (Å²) < 4.78 is 5.14. The van der Waals surface area contributed by atoms with Crippen LogP contribution in [-0.2, 0) is 6.42 Å². The number of methoxy groups -OCH3 is 1. The first kappa shape index (κ1) is 19.8. The molecule has 0 unspecified atom stereocenters. The molecular formula is C21H20N4O4. The smallest absolute Gasteiger partial charge is 0.269 e. The molecule has 0 fully saturated rings. The first-order chi connectivity index (χ1) is 14.0. The van der Waals surface area contributed by atoms with E-state index < -0.39 is 4.92 Å². The van der Waals surface area contributed by atoms with Crippen molar-refractivity contribution in [2.45, 2.75) is 6.42 Å². The van der Waals surface area contributed by atoms with Crippen LogP contribution >= 0.6 is 0 Å². The highest BCUT2D eigenvalue weighted by Gasteiger charge is 2.10. The van der Waals surface area contributed by atoms with Crippen molar-refractivity contribution in [1.82, 2.24) is 4.98 Å². The molecule has 148 valence electrons. The van der Waals surface area contributed by atoms with Gasteiger partial charge in [-0.25, -0.2) is 4.98 Å². The lowest BCUT2D eigenvalue weighted by Crippen LogP contribution is -2.12. The number of amides is 1. The minimum absolute atomic E-state index is 0.0618. The van der Waals surface area contributed by atoms with Gasteiger partial charge in [0.2, 0.25) is 0 Å². The van der Waals surface area contributed by atoms with Crippen LogP contribution < -0.4 is 15.4 Å². The number of hydrogen-bond donors (Lipinski definition) is 2. The maximum atomic E-state index is 12.2. The number of pyridine rings is 1. The summed E-state index contributed by atoms with van der Waals surface area (Å²) in [6.45, 7) is 0.716. The van der Waals surface area contributed by atoms with Crippen LogP contribution in [0.15, 0.2) is 66.9 Å². The monoisotopic (exact) mass is 392 g/mol. The van der Waals surface area contributed by atoms with E-state index in [4.69, 9.17) is 4.74 Å². The normalized spacial score (nSPS) is 10.2. The van der Waals surface area contributed by atoms with Crippen LogP contribution in [0.1, 0.15) is 15.9 Å². The lowest BCUT2D eigenvalue weighted by atomic mass is 10.1. The number of ether oxygens (including phenoxy) is 1. The van der Waals surface area contributed by atoms with Gasteiger partial charge in [-0.05, 0) is 48.4 Å². The Labute approximate surface area is 167 Å². The average Bonchev–Trinajstić information content (AvgIpc) is 2.75. The number of non-ortho nitro benzene ring substituents is 1. The summed E-state index contributed by atoms with van der Waals surface area (Å²) in [5, 5.41) is 16.6. The molecule has 1 aromatic heterocycles. The van der Waals surface area contributed by atoms with Gasteiger partial charge >= 0.3 is 0 Å². The summed E-state index contributed by atoms with van der Waals surface area (Å²) in [6.07, 6.45) is 2.39. The quantitative estimate of drug-likeness (QED) is 0.445. The van der Waals surface area contributed by atoms with Crippen molar-refractivity contribution in [2.24, 2.45) is 0 Å². The van der Waals surface area contributed by atoms with E-state index in [1.54, 1.807) is 25.4 Å². The second-order valence-corrected chi connectivity index (χ2v) is 6.22. The van der Waals surface area contributed by atoms with Crippen molar-refractivity contribution in [3.05, 3.63) is 88.1 Å². The number of rotatable bonds is 8. The van der Waals surface area contributed by atoms with E-state index in [1.165, 1.54) is 29.8 Å². The molecule has 0 saturated heterocycles. The molecule has 2 N–H and O–H groups in total. The number of benzene rings is 2. The van der Waals surface area contributed by atoms with Crippen molar-refractivity contribution < 1.29 is 14.5 Å². The highest BCUT2D eigenvalue weighted by molar-refractivity contribution is 6.04. The molecule has 1 amide bonds. The maximum absolute atomic E-state index is 12.2. The van der Waals surface area contributed by atoms with Gasteiger partial charge < -0.3 is 15.4 Å². The van der Waals surface area contributed by atoms with Gasteiger partial charge in [-0.3, -0.25) is 14.9 Å². The second-order valence-electron chi connectivity index (χ2n) is 6.22. The SMILES string of the molecule is COc1ccc(CCNc2ccc(NC(=O)c3ccc([N+](=O)[O-])cc3)cn2)cc1. The molecule has 0 spiro atoms. The van der Waals surface area contributed by atoms with Gasteiger partial charge in [-0.15, -0.1) is 0 Å². The molecule has 8 heteroatoms. The largest absolute Gasteiger partial charge is 0.497 e. The van der Waals surface area contributed by atoms with Crippen LogP contribution in [0.25, 0.3) is 0 Å². The third kappa shape index (κ3) is 5.52. The fraction of sp³-hybridized carbons (Fsp3) is 0.143. The zero-order valence-corrected chi connectivity index (χ0v) is 15.8. The molecule has 3 aromatic rings. The van der Waals surface area contributed by atoms with E-state index in [2.05, 4.69) is 15.6 Å². The van der Waals surface area contributed by atoms with Crippen molar-refractivity contribution in [1.29, 1.82) is 0 Å². The number of nitro groups is 1. The number of aromatic nitrogens is 1. The molecule has 3 rings (SSSR count). The maximum Gasteiger partial charge on any atom is 0.269 e. The zero-order chi connectivity index (χ0) is 20.6. The Morgan fingerprint density at radius 3 is 2.38 bits per heavy atom. The van der Waals surface area contributed by atoms with Crippen LogP contribution in [0, 0.1) is 10.1 Å². The Hall–Kier alpha value is -3.94. The second kappa shape index (κ2) is 9.32. The van der Waals surface area contributed by atoms with Gasteiger partial charge in [0, 0.05) is 24.2 Å². The Balaban J connectivity index is 1.50. The summed E-state index contributed by atoms with van der Waals surface area (Å²) in [5.41, 5.74) is 1.99. The van der Waals surface area contributed by atoms with Gasteiger partial charge in [-0.1, -0.05) is 12.1 Å². The Morgan fingerprint density at radius 2 is 1.79 bits per heavy atom. The number of anilines is 2. The Kier molecular flexibility index (Phi) is 6.36. The summed E-state index contributed by atoms with van der Waals surface area (Å²) in [4.78, 5) is 26.7. The number of nitrogens with zero attached hydrogens (tertiary/aromatic N) is 2. The molecule has 8 nitrogen and oxygen atoms in total. The van der Waals surface area contributed by atoms with Gasteiger partial charge in [0.25, 0.3) is 11.6 Å². The van der Waals surface area contributed by atoms with E-state index in [0.29, 0.717) is 23.6 Å². The number of nitrogens with one attached hydrogen (secondary N) is 2. The van der Waals surface area contributed by atoms with E-state index in [-0.39, 0.29) is 11.6 Å². The van der Waals surface area contributed by atoms with Crippen LogP contribution in [0.4, 0.5) is 17.2 Å². The first-order valence-corrected chi connectivity index (χ1v) is 8.94. The summed E-state index contributed by atoms with van der Waals surface area (Å²) in [5.74, 6) is 1.17. The molecule has 0 bridgehead atoms. The van der Waals surface area contributed by atoms with Gasteiger partial charge in [0.05, 0.1) is 23.9 Å². The topological polar surface area (TPSA) is 106 Å². The third-order valence-electron chi connectivity index (χ3n) is 4.24. The summed E-state index contributed by atoms with van der Waals surface area (Å²) in [6, 6.07) is 16.8. The van der Waals surface area contributed by atoms with Gasteiger partial charge in [0.15, 0.2) is 0 Å². The van der Waals surface area contributed by atoms with Crippen LogP contribution in [-0.4, -0.2) is 29.5 Å². The van der Waals surface area contributed by atoms with Crippen LogP contribution in [0.3, 0.4) is 0 Å². The predicted molar refractivity (Wildman–Crippen MR) is 110 cm³/mol. The van der Waals surface area contributed by atoms with E-state index in [0.717, 1.165) is 12.2 Å². The fourth-order valence-corrected chi connectivity index (χ4v) is 2.64. The molecule has 0 saturated carbocycles. The molecular weight excluding hydrogens is 372 g/mol. The molecule has 1 heterocycles. The van der Waals surface area contributed by atoms with E-state index >= 15 is 0 Å². The van der Waals surface area contributed by atoms with Crippen molar-refractivity contribution >= 4 is 23.1 Å². The molecule has 29 heavy (non-hydrogen) atoms. The average molecular weight is 392 g/mol. The highest BCUT2D eigenvalue weighted by atomic mass is 16.6. The van der Waals surface area contributed by atoms with E-state index in [1.807, 2.05) is 24.3 Å². The minimum atomic E-state index is -0.508. The van der Waals surface area contributed by atoms with Crippen molar-refractivity contribution in [3.8, 4) is 5.75 Å². The van der Waals surface area contributed by atoms with Gasteiger partial charge in [0.1, 0.15) is 11.6 Å². The lowest BCUT2D eigenvalue weighted by molar-refractivity contribution is -0.384.